The summed E-state index contributed by atoms with van der Waals surface area (Å²) in [5.41, 5.74) is 2.84. The number of hydrogen-bond acceptors (Lipinski definition) is 4. The Bertz CT molecular complexity index is 297. The zero-order valence-electron chi connectivity index (χ0n) is 9.67. The van der Waals surface area contributed by atoms with Gasteiger partial charge in [0, 0.05) is 20.5 Å². The van der Waals surface area contributed by atoms with Crippen LogP contribution in [0.4, 0.5) is 0 Å². The summed E-state index contributed by atoms with van der Waals surface area (Å²) in [5.74, 6) is 0.217. The molecular formula is C10H18N4O2. The van der Waals surface area contributed by atoms with Gasteiger partial charge in [-0.25, -0.2) is 0 Å². The molecule has 0 heterocycles. The van der Waals surface area contributed by atoms with Gasteiger partial charge in [0.05, 0.1) is 6.54 Å². The molecule has 1 aliphatic rings. The lowest BCUT2D eigenvalue weighted by molar-refractivity contribution is -0.118. The molecule has 1 aliphatic carbocycles. The van der Waals surface area contributed by atoms with E-state index in [1.807, 2.05) is 0 Å². The first-order valence-corrected chi connectivity index (χ1v) is 5.39. The largest absolute Gasteiger partial charge is 0.351 e. The first-order valence-electron chi connectivity index (χ1n) is 5.39. The summed E-state index contributed by atoms with van der Waals surface area (Å²) >= 11 is 0. The molecular weight excluding hydrogens is 208 g/mol. The molecule has 2 amide bonds. The van der Waals surface area contributed by atoms with E-state index in [1.165, 1.54) is 19.8 Å². The van der Waals surface area contributed by atoms with E-state index in [9.17, 15) is 9.59 Å². The Kier molecular flexibility index (Phi) is 4.75. The van der Waals surface area contributed by atoms with Crippen LogP contribution in [-0.4, -0.2) is 37.7 Å². The fourth-order valence-corrected chi connectivity index (χ4v) is 1.17. The fourth-order valence-electron chi connectivity index (χ4n) is 1.17. The van der Waals surface area contributed by atoms with Crippen molar-refractivity contribution in [2.45, 2.75) is 19.8 Å². The van der Waals surface area contributed by atoms with Gasteiger partial charge in [0.25, 0.3) is 5.91 Å². The van der Waals surface area contributed by atoms with E-state index in [0.29, 0.717) is 18.2 Å². The van der Waals surface area contributed by atoms with Crippen LogP contribution in [0.3, 0.4) is 0 Å². The number of carbonyl (C=O) groups is 2. The highest BCUT2D eigenvalue weighted by molar-refractivity contribution is 6.39. The average molecular weight is 226 g/mol. The van der Waals surface area contributed by atoms with Gasteiger partial charge in [-0.15, -0.1) is 0 Å². The minimum Gasteiger partial charge on any atom is -0.351 e. The Hall–Kier alpha value is -1.59. The molecule has 1 fully saturated rings. The minimum atomic E-state index is -0.227. The van der Waals surface area contributed by atoms with E-state index < -0.39 is 0 Å². The number of nitrogens with one attached hydrogen (secondary N) is 3. The molecule has 0 aromatic heterocycles. The molecule has 0 aliphatic heterocycles. The maximum Gasteiger partial charge on any atom is 0.269 e. The smallest absolute Gasteiger partial charge is 0.269 e. The average Bonchev–Trinajstić information content (AvgIpc) is 3.04. The van der Waals surface area contributed by atoms with E-state index in [0.717, 1.165) is 0 Å². The topological polar surface area (TPSA) is 82.6 Å². The number of hydrogen-bond donors (Lipinski definition) is 3. The Morgan fingerprint density at radius 1 is 1.31 bits per heavy atom. The van der Waals surface area contributed by atoms with Crippen LogP contribution < -0.4 is 16.1 Å². The predicted molar refractivity (Wildman–Crippen MR) is 60.9 cm³/mol. The molecule has 90 valence electrons. The van der Waals surface area contributed by atoms with Gasteiger partial charge in [-0.2, -0.15) is 5.10 Å². The van der Waals surface area contributed by atoms with E-state index >= 15 is 0 Å². The summed E-state index contributed by atoms with van der Waals surface area (Å²) in [4.78, 5) is 22.4. The van der Waals surface area contributed by atoms with Gasteiger partial charge in [0.2, 0.25) is 5.91 Å². The molecule has 0 spiro atoms. The van der Waals surface area contributed by atoms with Gasteiger partial charge in [-0.05, 0) is 18.8 Å². The first-order chi connectivity index (χ1) is 7.63. The van der Waals surface area contributed by atoms with E-state index in [-0.39, 0.29) is 18.4 Å². The second kappa shape index (κ2) is 6.09. The van der Waals surface area contributed by atoms with E-state index in [4.69, 9.17) is 0 Å². The van der Waals surface area contributed by atoms with Crippen LogP contribution in [0.1, 0.15) is 19.8 Å². The normalized spacial score (nSPS) is 15.5. The van der Waals surface area contributed by atoms with Crippen LogP contribution in [0.2, 0.25) is 0 Å². The quantitative estimate of drug-likeness (QED) is 0.410. The van der Waals surface area contributed by atoms with Crippen LogP contribution in [0.15, 0.2) is 5.10 Å². The van der Waals surface area contributed by atoms with Crippen molar-refractivity contribution in [3.63, 3.8) is 0 Å². The number of nitrogens with zero attached hydrogens (tertiary/aromatic N) is 1. The molecule has 0 bridgehead atoms. The van der Waals surface area contributed by atoms with Crippen molar-refractivity contribution in [3.05, 3.63) is 0 Å². The standard InChI is InChI=1S/C10H18N4O2/c1-7(15)12-6-9(14-11-2)10(16)13-5-8-3-4-8/h8,11H,3-6H2,1-2H3,(H,12,15)(H,13,16)/b14-9+. The fraction of sp³-hybridized carbons (Fsp3) is 0.700. The summed E-state index contributed by atoms with van der Waals surface area (Å²) in [6.45, 7) is 2.24. The second-order valence-corrected chi connectivity index (χ2v) is 3.85. The van der Waals surface area contributed by atoms with Crippen molar-refractivity contribution in [2.75, 3.05) is 20.1 Å². The van der Waals surface area contributed by atoms with Gasteiger partial charge < -0.3 is 16.1 Å². The van der Waals surface area contributed by atoms with Gasteiger partial charge in [-0.1, -0.05) is 0 Å². The summed E-state index contributed by atoms with van der Waals surface area (Å²) in [6, 6.07) is 0. The SMILES string of the molecule is CN/N=C(\CNC(C)=O)C(=O)NCC1CC1. The lowest BCUT2D eigenvalue weighted by Gasteiger charge is -2.07. The highest BCUT2D eigenvalue weighted by Gasteiger charge is 2.22. The van der Waals surface area contributed by atoms with Crippen molar-refractivity contribution in [1.29, 1.82) is 0 Å². The zero-order valence-corrected chi connectivity index (χ0v) is 9.67. The minimum absolute atomic E-state index is 0.146. The molecule has 0 unspecified atom stereocenters. The Morgan fingerprint density at radius 3 is 2.50 bits per heavy atom. The molecule has 6 heteroatoms. The molecule has 0 aromatic rings. The molecule has 1 rings (SSSR count). The second-order valence-electron chi connectivity index (χ2n) is 3.85. The third-order valence-corrected chi connectivity index (χ3v) is 2.26. The van der Waals surface area contributed by atoms with Crippen LogP contribution in [0.25, 0.3) is 0 Å². The van der Waals surface area contributed by atoms with E-state index in [1.54, 1.807) is 7.05 Å². The number of rotatable bonds is 6. The van der Waals surface area contributed by atoms with Crippen molar-refractivity contribution in [1.82, 2.24) is 16.1 Å². The van der Waals surface area contributed by atoms with Crippen LogP contribution in [0.5, 0.6) is 0 Å². The van der Waals surface area contributed by atoms with E-state index in [2.05, 4.69) is 21.2 Å². The third kappa shape index (κ3) is 4.77. The predicted octanol–water partition coefficient (Wildman–Crippen LogP) is -0.776. The summed E-state index contributed by atoms with van der Waals surface area (Å²) in [6.07, 6.45) is 2.37. The Balaban J connectivity index is 2.37. The van der Waals surface area contributed by atoms with Crippen molar-refractivity contribution in [2.24, 2.45) is 11.0 Å². The molecule has 6 nitrogen and oxygen atoms in total. The molecule has 16 heavy (non-hydrogen) atoms. The summed E-state index contributed by atoms with van der Waals surface area (Å²) in [5, 5.41) is 9.17. The molecule has 0 aromatic carbocycles. The zero-order chi connectivity index (χ0) is 12.0. The Morgan fingerprint density at radius 2 is 2.00 bits per heavy atom. The molecule has 0 radical (unpaired) electrons. The van der Waals surface area contributed by atoms with Gasteiger partial charge in [-0.3, -0.25) is 9.59 Å². The van der Waals surface area contributed by atoms with Crippen LogP contribution in [0, 0.1) is 5.92 Å². The monoisotopic (exact) mass is 226 g/mol. The summed E-state index contributed by atoms with van der Waals surface area (Å²) < 4.78 is 0. The first kappa shape index (κ1) is 12.5. The molecule has 0 saturated heterocycles. The Labute approximate surface area is 94.9 Å². The van der Waals surface area contributed by atoms with Crippen LogP contribution in [-0.2, 0) is 9.59 Å². The highest BCUT2D eigenvalue weighted by atomic mass is 16.2. The third-order valence-electron chi connectivity index (χ3n) is 2.26. The van der Waals surface area contributed by atoms with Crippen LogP contribution >= 0.6 is 0 Å². The van der Waals surface area contributed by atoms with Crippen molar-refractivity contribution < 1.29 is 9.59 Å². The maximum absolute atomic E-state index is 11.6. The molecule has 1 saturated carbocycles. The van der Waals surface area contributed by atoms with Gasteiger partial charge >= 0.3 is 0 Å². The maximum atomic E-state index is 11.6. The molecule has 0 atom stereocenters. The number of amides is 2. The van der Waals surface area contributed by atoms with Crippen molar-refractivity contribution >= 4 is 17.5 Å². The lowest BCUT2D eigenvalue weighted by atomic mass is 10.3. The molecule has 3 N–H and O–H groups in total. The van der Waals surface area contributed by atoms with Crippen molar-refractivity contribution in [3.8, 4) is 0 Å². The number of hydrazone groups is 1. The highest BCUT2D eigenvalue weighted by Crippen LogP contribution is 2.27. The summed E-state index contributed by atoms with van der Waals surface area (Å²) in [7, 11) is 1.61. The number of carbonyl (C=O) groups excluding carboxylic acids is 2. The van der Waals surface area contributed by atoms with Gasteiger partial charge in [0.15, 0.2) is 0 Å². The van der Waals surface area contributed by atoms with Gasteiger partial charge in [0.1, 0.15) is 5.71 Å². The lowest BCUT2D eigenvalue weighted by Crippen LogP contribution is -2.40.